The minimum Gasteiger partial charge on any atom is -0.480 e. The predicted molar refractivity (Wildman–Crippen MR) is 84.7 cm³/mol. The molecule has 1 rings (SSSR count). The third-order valence-electron chi connectivity index (χ3n) is 2.43. The molecule has 2 N–H and O–H groups in total. The summed E-state index contributed by atoms with van der Waals surface area (Å²) in [6, 6.07) is 6.33. The number of nitrogens with one attached hydrogen (secondary N) is 1. The number of halogens is 1. The number of carboxylic acid groups (broad SMARTS) is 1. The van der Waals surface area contributed by atoms with Crippen molar-refractivity contribution in [3.05, 3.63) is 29.3 Å². The number of amides is 1. The number of hydrogen-bond acceptors (Lipinski definition) is 4. The van der Waals surface area contributed by atoms with E-state index in [0.717, 1.165) is 4.90 Å². The van der Waals surface area contributed by atoms with Crippen LogP contribution < -0.4 is 5.32 Å². The van der Waals surface area contributed by atoms with Crippen LogP contribution in [0.3, 0.4) is 0 Å². The maximum atomic E-state index is 11.7. The number of benzene rings is 1. The Morgan fingerprint density at radius 1 is 1.35 bits per heavy atom. The zero-order valence-electron chi connectivity index (χ0n) is 11.0. The minimum atomic E-state index is -0.996. The molecule has 0 bridgehead atoms. The van der Waals surface area contributed by atoms with Gasteiger partial charge < -0.3 is 10.4 Å². The lowest BCUT2D eigenvalue weighted by Crippen LogP contribution is -2.42. The van der Waals surface area contributed by atoms with E-state index in [1.54, 1.807) is 23.9 Å². The van der Waals surface area contributed by atoms with E-state index in [-0.39, 0.29) is 11.7 Å². The first-order valence-corrected chi connectivity index (χ1v) is 8.68. The molecule has 4 nitrogen and oxygen atoms in total. The molecule has 0 heterocycles. The van der Waals surface area contributed by atoms with Crippen molar-refractivity contribution in [2.24, 2.45) is 0 Å². The van der Waals surface area contributed by atoms with E-state index in [9.17, 15) is 9.59 Å². The first kappa shape index (κ1) is 17.2. The van der Waals surface area contributed by atoms with E-state index in [2.05, 4.69) is 5.32 Å². The molecule has 0 aliphatic carbocycles. The van der Waals surface area contributed by atoms with Gasteiger partial charge in [-0.2, -0.15) is 11.8 Å². The van der Waals surface area contributed by atoms with Crippen LogP contribution in [0.25, 0.3) is 0 Å². The number of carbonyl (C=O) groups is 2. The molecule has 0 aliphatic rings. The predicted octanol–water partition coefficient (Wildman–Crippen LogP) is 2.75. The molecule has 0 spiro atoms. The van der Waals surface area contributed by atoms with Gasteiger partial charge in [0.05, 0.1) is 5.75 Å². The molecule has 0 aliphatic heterocycles. The van der Waals surface area contributed by atoms with Gasteiger partial charge in [0.15, 0.2) is 0 Å². The Hall–Kier alpha value is -0.850. The van der Waals surface area contributed by atoms with Crippen molar-refractivity contribution < 1.29 is 14.7 Å². The largest absolute Gasteiger partial charge is 0.480 e. The monoisotopic (exact) mass is 333 g/mol. The maximum absolute atomic E-state index is 11.7. The highest BCUT2D eigenvalue weighted by Crippen LogP contribution is 2.20. The summed E-state index contributed by atoms with van der Waals surface area (Å²) in [6.07, 6.45) is 2.32. The fourth-order valence-corrected chi connectivity index (χ4v) is 2.72. The Morgan fingerprint density at radius 3 is 2.55 bits per heavy atom. The number of carboxylic acids is 1. The Bertz CT molecular complexity index is 453. The van der Waals surface area contributed by atoms with Crippen LogP contribution in [-0.4, -0.2) is 40.8 Å². The third kappa shape index (κ3) is 6.54. The molecule has 7 heteroatoms. The Kier molecular flexibility index (Phi) is 7.87. The Morgan fingerprint density at radius 2 is 2.00 bits per heavy atom. The first-order valence-electron chi connectivity index (χ1n) is 5.92. The fourth-order valence-electron chi connectivity index (χ4n) is 1.41. The molecule has 20 heavy (non-hydrogen) atoms. The molecule has 1 aromatic rings. The molecule has 0 radical (unpaired) electrons. The van der Waals surface area contributed by atoms with E-state index >= 15 is 0 Å². The standard InChI is InChI=1S/C13H16ClNO3S2/c1-19-7-6-11(13(17)18)15-12(16)8-20-10-4-2-9(14)3-5-10/h2-5,11H,6-8H2,1H3,(H,15,16)(H,17,18). The molecule has 1 amide bonds. The van der Waals surface area contributed by atoms with Crippen LogP contribution in [-0.2, 0) is 9.59 Å². The average molecular weight is 334 g/mol. The van der Waals surface area contributed by atoms with Crippen molar-refractivity contribution in [3.8, 4) is 0 Å². The van der Waals surface area contributed by atoms with Crippen LogP contribution in [0, 0.1) is 0 Å². The lowest BCUT2D eigenvalue weighted by atomic mass is 10.2. The molecule has 0 saturated heterocycles. The van der Waals surface area contributed by atoms with E-state index in [1.165, 1.54) is 11.8 Å². The topological polar surface area (TPSA) is 66.4 Å². The van der Waals surface area contributed by atoms with Crippen molar-refractivity contribution in [3.63, 3.8) is 0 Å². The summed E-state index contributed by atoms with van der Waals surface area (Å²) >= 11 is 8.67. The summed E-state index contributed by atoms with van der Waals surface area (Å²) in [5, 5.41) is 12.2. The number of rotatable bonds is 8. The van der Waals surface area contributed by atoms with Gasteiger partial charge in [-0.1, -0.05) is 11.6 Å². The second-order valence-electron chi connectivity index (χ2n) is 3.98. The van der Waals surface area contributed by atoms with Crippen molar-refractivity contribution >= 4 is 47.0 Å². The molecular weight excluding hydrogens is 318 g/mol. The van der Waals surface area contributed by atoms with Gasteiger partial charge in [0.2, 0.25) is 5.91 Å². The van der Waals surface area contributed by atoms with Gasteiger partial charge in [0.25, 0.3) is 0 Å². The maximum Gasteiger partial charge on any atom is 0.326 e. The molecular formula is C13H16ClNO3S2. The van der Waals surface area contributed by atoms with Crippen LogP contribution in [0.4, 0.5) is 0 Å². The minimum absolute atomic E-state index is 0.185. The lowest BCUT2D eigenvalue weighted by molar-refractivity contribution is -0.141. The molecule has 110 valence electrons. The molecule has 1 unspecified atom stereocenters. The second kappa shape index (κ2) is 9.15. The number of carbonyl (C=O) groups excluding carboxylic acids is 1. The van der Waals surface area contributed by atoms with Gasteiger partial charge in [-0.05, 0) is 42.7 Å². The van der Waals surface area contributed by atoms with Gasteiger partial charge in [0.1, 0.15) is 6.04 Å². The molecule has 1 atom stereocenters. The molecule has 0 aromatic heterocycles. The first-order chi connectivity index (χ1) is 9.52. The highest BCUT2D eigenvalue weighted by Gasteiger charge is 2.19. The average Bonchev–Trinajstić information content (AvgIpc) is 2.42. The lowest BCUT2D eigenvalue weighted by Gasteiger charge is -2.13. The summed E-state index contributed by atoms with van der Waals surface area (Å²) in [4.78, 5) is 23.7. The van der Waals surface area contributed by atoms with E-state index < -0.39 is 12.0 Å². The van der Waals surface area contributed by atoms with Crippen LogP contribution in [0.5, 0.6) is 0 Å². The summed E-state index contributed by atoms with van der Waals surface area (Å²) in [7, 11) is 0. The van der Waals surface area contributed by atoms with Crippen LogP contribution in [0.15, 0.2) is 29.2 Å². The number of hydrogen-bond donors (Lipinski definition) is 2. The van der Waals surface area contributed by atoms with Crippen LogP contribution >= 0.6 is 35.1 Å². The fraction of sp³-hybridized carbons (Fsp3) is 0.385. The Labute approximate surface area is 131 Å². The molecule has 1 aromatic carbocycles. The van der Waals surface area contributed by atoms with Gasteiger partial charge in [-0.15, -0.1) is 11.8 Å². The van der Waals surface area contributed by atoms with Crippen molar-refractivity contribution in [2.45, 2.75) is 17.4 Å². The van der Waals surface area contributed by atoms with Crippen LogP contribution in [0.2, 0.25) is 5.02 Å². The van der Waals surface area contributed by atoms with Gasteiger partial charge >= 0.3 is 5.97 Å². The highest BCUT2D eigenvalue weighted by atomic mass is 35.5. The molecule has 0 fully saturated rings. The highest BCUT2D eigenvalue weighted by molar-refractivity contribution is 8.00. The normalized spacial score (nSPS) is 11.9. The second-order valence-corrected chi connectivity index (χ2v) is 6.45. The number of aliphatic carboxylic acids is 1. The SMILES string of the molecule is CSCCC(NC(=O)CSc1ccc(Cl)cc1)C(=O)O. The van der Waals surface area contributed by atoms with Gasteiger partial charge in [-0.3, -0.25) is 4.79 Å². The zero-order valence-corrected chi connectivity index (χ0v) is 13.4. The molecule has 0 saturated carbocycles. The van der Waals surface area contributed by atoms with Gasteiger partial charge in [-0.25, -0.2) is 4.79 Å². The summed E-state index contributed by atoms with van der Waals surface area (Å²) in [5.41, 5.74) is 0. The van der Waals surface area contributed by atoms with Crippen molar-refractivity contribution in [2.75, 3.05) is 17.8 Å². The van der Waals surface area contributed by atoms with Crippen LogP contribution in [0.1, 0.15) is 6.42 Å². The van der Waals surface area contributed by atoms with E-state index in [1.807, 2.05) is 18.4 Å². The van der Waals surface area contributed by atoms with Crippen molar-refractivity contribution in [1.82, 2.24) is 5.32 Å². The summed E-state index contributed by atoms with van der Waals surface area (Å²) in [5.74, 6) is -0.394. The summed E-state index contributed by atoms with van der Waals surface area (Å²) in [6.45, 7) is 0. The van der Waals surface area contributed by atoms with E-state index in [0.29, 0.717) is 17.2 Å². The number of thioether (sulfide) groups is 2. The Balaban J connectivity index is 2.41. The van der Waals surface area contributed by atoms with Crippen molar-refractivity contribution in [1.29, 1.82) is 0 Å². The smallest absolute Gasteiger partial charge is 0.326 e. The quantitative estimate of drug-likeness (QED) is 0.716. The third-order valence-corrected chi connectivity index (χ3v) is 4.34. The van der Waals surface area contributed by atoms with E-state index in [4.69, 9.17) is 16.7 Å². The van der Waals surface area contributed by atoms with Gasteiger partial charge in [0, 0.05) is 9.92 Å². The summed E-state index contributed by atoms with van der Waals surface area (Å²) < 4.78 is 0. The zero-order chi connectivity index (χ0) is 15.0.